The highest BCUT2D eigenvalue weighted by atomic mass is 35.5. The number of pyridine rings is 1. The van der Waals surface area contributed by atoms with Crippen LogP contribution in [-0.4, -0.2) is 11.5 Å². The van der Waals surface area contributed by atoms with Crippen molar-refractivity contribution in [2.45, 2.75) is 25.7 Å². The number of aromatic nitrogens is 1. The topological polar surface area (TPSA) is 24.9 Å². The summed E-state index contributed by atoms with van der Waals surface area (Å²) in [5, 5.41) is 5.39. The molecule has 0 bridgehead atoms. The Balaban J connectivity index is 1.85. The molecule has 3 rings (SSSR count). The third-order valence-corrected chi connectivity index (χ3v) is 4.08. The van der Waals surface area contributed by atoms with Gasteiger partial charge in [0, 0.05) is 23.8 Å². The third kappa shape index (κ3) is 2.30. The first kappa shape index (κ1) is 11.8. The van der Waals surface area contributed by atoms with Crippen LogP contribution in [0.3, 0.4) is 0 Å². The molecule has 1 aromatic carbocycles. The molecule has 2 nitrogen and oxygen atoms in total. The lowest BCUT2D eigenvalue weighted by Gasteiger charge is -2.14. The Morgan fingerprint density at radius 1 is 1.22 bits per heavy atom. The molecule has 1 saturated carbocycles. The normalized spacial score (nSPS) is 16.3. The number of fused-ring (bicyclic) bond motifs is 1. The van der Waals surface area contributed by atoms with E-state index in [0.29, 0.717) is 0 Å². The Hall–Kier alpha value is -1.28. The molecule has 0 spiro atoms. The highest BCUT2D eigenvalue weighted by Gasteiger charge is 2.15. The maximum Gasteiger partial charge on any atom is 0.0908 e. The van der Waals surface area contributed by atoms with Crippen LogP contribution in [0, 0.1) is 5.92 Å². The Labute approximate surface area is 112 Å². The summed E-state index contributed by atoms with van der Waals surface area (Å²) in [7, 11) is 0. The van der Waals surface area contributed by atoms with Crippen molar-refractivity contribution in [2.75, 3.05) is 11.9 Å². The van der Waals surface area contributed by atoms with Gasteiger partial charge in [0.2, 0.25) is 0 Å². The molecule has 0 amide bonds. The predicted molar refractivity (Wildman–Crippen MR) is 77.2 cm³/mol. The third-order valence-electron chi connectivity index (χ3n) is 3.78. The number of anilines is 1. The minimum Gasteiger partial charge on any atom is -0.384 e. The number of nitrogens with zero attached hydrogens (tertiary/aromatic N) is 1. The molecule has 0 unspecified atom stereocenters. The van der Waals surface area contributed by atoms with Gasteiger partial charge in [0.1, 0.15) is 0 Å². The SMILES string of the molecule is Clc1ccc(NCC2CCCC2)c2cccnc12. The first-order valence-electron chi connectivity index (χ1n) is 6.62. The predicted octanol–water partition coefficient (Wildman–Crippen LogP) is 4.49. The van der Waals surface area contributed by atoms with Gasteiger partial charge in [-0.15, -0.1) is 0 Å². The van der Waals surface area contributed by atoms with Crippen LogP contribution in [0.4, 0.5) is 5.69 Å². The number of rotatable bonds is 3. The summed E-state index contributed by atoms with van der Waals surface area (Å²) in [6, 6.07) is 8.01. The first-order valence-corrected chi connectivity index (χ1v) is 6.99. The Bertz CT molecular complexity index is 547. The molecule has 2 aromatic rings. The maximum atomic E-state index is 6.17. The highest BCUT2D eigenvalue weighted by molar-refractivity contribution is 6.35. The van der Waals surface area contributed by atoms with E-state index < -0.39 is 0 Å². The smallest absolute Gasteiger partial charge is 0.0908 e. The van der Waals surface area contributed by atoms with Crippen LogP contribution in [0.5, 0.6) is 0 Å². The second-order valence-electron chi connectivity index (χ2n) is 5.03. The second-order valence-corrected chi connectivity index (χ2v) is 5.43. The number of benzene rings is 1. The maximum absolute atomic E-state index is 6.17. The molecule has 0 radical (unpaired) electrons. The van der Waals surface area contributed by atoms with Crippen molar-refractivity contribution >= 4 is 28.2 Å². The minimum atomic E-state index is 0.719. The van der Waals surface area contributed by atoms with E-state index in [1.807, 2.05) is 12.1 Å². The van der Waals surface area contributed by atoms with E-state index in [4.69, 9.17) is 11.6 Å². The molecule has 1 heterocycles. The fourth-order valence-corrected chi connectivity index (χ4v) is 2.97. The molecule has 1 aromatic heterocycles. The Kier molecular flexibility index (Phi) is 3.37. The Morgan fingerprint density at radius 2 is 2.06 bits per heavy atom. The zero-order valence-electron chi connectivity index (χ0n) is 10.3. The van der Waals surface area contributed by atoms with E-state index in [2.05, 4.69) is 22.4 Å². The van der Waals surface area contributed by atoms with Crippen LogP contribution < -0.4 is 5.32 Å². The first-order chi connectivity index (χ1) is 8.84. The summed E-state index contributed by atoms with van der Waals surface area (Å²) >= 11 is 6.17. The van der Waals surface area contributed by atoms with Crippen molar-refractivity contribution in [3.05, 3.63) is 35.5 Å². The summed E-state index contributed by atoms with van der Waals surface area (Å²) < 4.78 is 0. The molecule has 1 N–H and O–H groups in total. The van der Waals surface area contributed by atoms with Crippen molar-refractivity contribution in [1.82, 2.24) is 4.98 Å². The molecule has 0 aliphatic heterocycles. The summed E-state index contributed by atoms with van der Waals surface area (Å²) in [6.45, 7) is 1.06. The van der Waals surface area contributed by atoms with E-state index in [-0.39, 0.29) is 0 Å². The van der Waals surface area contributed by atoms with Gasteiger partial charge >= 0.3 is 0 Å². The molecule has 1 aliphatic rings. The molecular formula is C15H17ClN2. The van der Waals surface area contributed by atoms with E-state index in [1.165, 1.54) is 25.7 Å². The number of hydrogen-bond donors (Lipinski definition) is 1. The molecule has 3 heteroatoms. The summed E-state index contributed by atoms with van der Waals surface area (Å²) in [5.41, 5.74) is 2.03. The van der Waals surface area contributed by atoms with E-state index in [9.17, 15) is 0 Å². The quantitative estimate of drug-likeness (QED) is 0.880. The van der Waals surface area contributed by atoms with Gasteiger partial charge in [-0.25, -0.2) is 0 Å². The van der Waals surface area contributed by atoms with E-state index in [0.717, 1.165) is 34.1 Å². The number of halogens is 1. The zero-order chi connectivity index (χ0) is 12.4. The van der Waals surface area contributed by atoms with Crippen molar-refractivity contribution in [3.8, 4) is 0 Å². The second kappa shape index (κ2) is 5.15. The lowest BCUT2D eigenvalue weighted by Crippen LogP contribution is -2.11. The molecule has 0 atom stereocenters. The molecule has 18 heavy (non-hydrogen) atoms. The van der Waals surface area contributed by atoms with Gasteiger partial charge in [-0.1, -0.05) is 24.4 Å². The minimum absolute atomic E-state index is 0.719. The number of hydrogen-bond acceptors (Lipinski definition) is 2. The van der Waals surface area contributed by atoms with Gasteiger partial charge in [0.25, 0.3) is 0 Å². The summed E-state index contributed by atoms with van der Waals surface area (Å²) in [5.74, 6) is 0.826. The van der Waals surface area contributed by atoms with Crippen molar-refractivity contribution in [3.63, 3.8) is 0 Å². The van der Waals surface area contributed by atoms with Gasteiger partial charge in [0.15, 0.2) is 0 Å². The van der Waals surface area contributed by atoms with E-state index >= 15 is 0 Å². The average molecular weight is 261 g/mol. The molecule has 0 saturated heterocycles. The standard InChI is InChI=1S/C15H17ClN2/c16-13-7-8-14(12-6-3-9-17-15(12)13)18-10-11-4-1-2-5-11/h3,6-9,11,18H,1-2,4-5,10H2. The van der Waals surface area contributed by atoms with Gasteiger partial charge in [-0.3, -0.25) is 4.98 Å². The number of nitrogens with one attached hydrogen (secondary N) is 1. The van der Waals surface area contributed by atoms with Gasteiger partial charge in [0.05, 0.1) is 10.5 Å². The van der Waals surface area contributed by atoms with Crippen LogP contribution in [0.1, 0.15) is 25.7 Å². The monoisotopic (exact) mass is 260 g/mol. The van der Waals surface area contributed by atoms with Crippen LogP contribution in [0.2, 0.25) is 5.02 Å². The molecular weight excluding hydrogens is 244 g/mol. The zero-order valence-corrected chi connectivity index (χ0v) is 11.1. The van der Waals surface area contributed by atoms with Crippen LogP contribution in [-0.2, 0) is 0 Å². The van der Waals surface area contributed by atoms with Crippen molar-refractivity contribution < 1.29 is 0 Å². The largest absolute Gasteiger partial charge is 0.384 e. The van der Waals surface area contributed by atoms with Gasteiger partial charge in [-0.05, 0) is 43.0 Å². The lowest BCUT2D eigenvalue weighted by molar-refractivity contribution is 0.580. The van der Waals surface area contributed by atoms with Crippen LogP contribution >= 0.6 is 11.6 Å². The fourth-order valence-electron chi connectivity index (χ4n) is 2.76. The van der Waals surface area contributed by atoms with E-state index in [1.54, 1.807) is 6.20 Å². The van der Waals surface area contributed by atoms with Crippen LogP contribution in [0.25, 0.3) is 10.9 Å². The molecule has 1 aliphatic carbocycles. The van der Waals surface area contributed by atoms with Gasteiger partial charge < -0.3 is 5.32 Å². The highest BCUT2D eigenvalue weighted by Crippen LogP contribution is 2.30. The van der Waals surface area contributed by atoms with Crippen molar-refractivity contribution in [1.29, 1.82) is 0 Å². The lowest BCUT2D eigenvalue weighted by atomic mass is 10.1. The summed E-state index contributed by atoms with van der Waals surface area (Å²) in [4.78, 5) is 4.35. The summed E-state index contributed by atoms with van der Waals surface area (Å²) in [6.07, 6.45) is 7.27. The Morgan fingerprint density at radius 3 is 2.89 bits per heavy atom. The fraction of sp³-hybridized carbons (Fsp3) is 0.400. The van der Waals surface area contributed by atoms with Crippen molar-refractivity contribution in [2.24, 2.45) is 5.92 Å². The molecule has 1 fully saturated rings. The average Bonchev–Trinajstić information content (AvgIpc) is 2.92. The van der Waals surface area contributed by atoms with Gasteiger partial charge in [-0.2, -0.15) is 0 Å². The molecule has 94 valence electrons. The van der Waals surface area contributed by atoms with Crippen LogP contribution in [0.15, 0.2) is 30.5 Å².